The molecule has 0 saturated carbocycles. The number of ether oxygens (including phenoxy) is 2. The highest BCUT2D eigenvalue weighted by molar-refractivity contribution is 9.11. The van der Waals surface area contributed by atoms with E-state index >= 15 is 0 Å². The monoisotopic (exact) mass is 390 g/mol. The number of pyridine rings is 1. The maximum Gasteiger partial charge on any atom is 0.323 e. The van der Waals surface area contributed by atoms with Crippen LogP contribution in [0.3, 0.4) is 0 Å². The van der Waals surface area contributed by atoms with Gasteiger partial charge in [0, 0.05) is 11.6 Å². The lowest BCUT2D eigenvalue weighted by molar-refractivity contribution is -0.384. The van der Waals surface area contributed by atoms with Crippen molar-refractivity contribution in [1.82, 2.24) is 4.98 Å². The molecule has 1 aromatic carbocycles. The Balaban J connectivity index is 3.05. The van der Waals surface area contributed by atoms with Gasteiger partial charge in [0.15, 0.2) is 5.75 Å². The Hall–Kier alpha value is -1.41. The Morgan fingerprint density at radius 3 is 2.53 bits per heavy atom. The summed E-state index contributed by atoms with van der Waals surface area (Å²) in [7, 11) is 2.79. The Labute approximate surface area is 125 Å². The molecule has 0 N–H and O–H groups in total. The van der Waals surface area contributed by atoms with Crippen LogP contribution < -0.4 is 9.47 Å². The van der Waals surface area contributed by atoms with Crippen molar-refractivity contribution in [2.24, 2.45) is 0 Å². The van der Waals surface area contributed by atoms with Crippen LogP contribution in [0.2, 0.25) is 0 Å². The Bertz CT molecular complexity index is 676. The van der Waals surface area contributed by atoms with Crippen LogP contribution in [0, 0.1) is 10.1 Å². The Morgan fingerprint density at radius 1 is 1.32 bits per heavy atom. The molecule has 1 heterocycles. The number of methoxy groups -OCH3 is 2. The largest absolute Gasteiger partial charge is 0.493 e. The number of rotatable bonds is 3. The molecule has 0 aliphatic rings. The number of nitrogens with zero attached hydrogens (tertiary/aromatic N) is 2. The number of hydrogen-bond acceptors (Lipinski definition) is 5. The molecule has 0 unspecified atom stereocenters. The van der Waals surface area contributed by atoms with Gasteiger partial charge in [-0.25, -0.2) is 4.98 Å². The fraction of sp³-hybridized carbons (Fsp3) is 0.182. The molecular formula is C11H8Br2N2O4. The van der Waals surface area contributed by atoms with Crippen LogP contribution in [0.4, 0.5) is 5.69 Å². The molecule has 0 aliphatic carbocycles. The molecule has 0 radical (unpaired) electrons. The minimum Gasteiger partial charge on any atom is -0.493 e. The van der Waals surface area contributed by atoms with Gasteiger partial charge in [0.1, 0.15) is 4.60 Å². The molecule has 2 rings (SSSR count). The number of benzene rings is 1. The zero-order valence-corrected chi connectivity index (χ0v) is 13.1. The zero-order valence-electron chi connectivity index (χ0n) is 9.94. The third-order valence-corrected chi connectivity index (χ3v) is 3.81. The van der Waals surface area contributed by atoms with E-state index in [0.717, 1.165) is 0 Å². The first kappa shape index (κ1) is 14.0. The van der Waals surface area contributed by atoms with Gasteiger partial charge < -0.3 is 9.47 Å². The van der Waals surface area contributed by atoms with Crippen molar-refractivity contribution in [3.05, 3.63) is 31.5 Å². The lowest BCUT2D eigenvalue weighted by atomic mass is 10.1. The zero-order chi connectivity index (χ0) is 14.2. The van der Waals surface area contributed by atoms with Crippen molar-refractivity contribution in [3.8, 4) is 11.5 Å². The molecule has 0 bridgehead atoms. The van der Waals surface area contributed by atoms with Crippen molar-refractivity contribution in [2.45, 2.75) is 0 Å². The quantitative estimate of drug-likeness (QED) is 0.453. The van der Waals surface area contributed by atoms with Crippen LogP contribution in [-0.4, -0.2) is 24.1 Å². The van der Waals surface area contributed by atoms with Gasteiger partial charge in [-0.15, -0.1) is 0 Å². The average molecular weight is 392 g/mol. The Morgan fingerprint density at radius 2 is 2.00 bits per heavy atom. The number of fused-ring (bicyclic) bond motifs is 1. The van der Waals surface area contributed by atoms with E-state index in [1.54, 1.807) is 6.07 Å². The van der Waals surface area contributed by atoms with Crippen molar-refractivity contribution < 1.29 is 14.4 Å². The summed E-state index contributed by atoms with van der Waals surface area (Å²) in [6.45, 7) is 0. The minimum atomic E-state index is -0.499. The third kappa shape index (κ3) is 2.25. The molecule has 0 fully saturated rings. The lowest BCUT2D eigenvalue weighted by Crippen LogP contribution is -1.99. The van der Waals surface area contributed by atoms with E-state index in [-0.39, 0.29) is 17.2 Å². The van der Waals surface area contributed by atoms with Gasteiger partial charge in [-0.3, -0.25) is 10.1 Å². The molecule has 8 heteroatoms. The van der Waals surface area contributed by atoms with Crippen molar-refractivity contribution in [3.63, 3.8) is 0 Å². The maximum atomic E-state index is 11.3. The molecule has 0 amide bonds. The van der Waals surface area contributed by atoms with Gasteiger partial charge in [-0.2, -0.15) is 0 Å². The number of hydrogen-bond donors (Lipinski definition) is 0. The van der Waals surface area contributed by atoms with Crippen LogP contribution in [-0.2, 0) is 0 Å². The van der Waals surface area contributed by atoms with Crippen LogP contribution >= 0.6 is 31.9 Å². The van der Waals surface area contributed by atoms with E-state index in [1.807, 2.05) is 0 Å². The summed E-state index contributed by atoms with van der Waals surface area (Å²) < 4.78 is 11.3. The van der Waals surface area contributed by atoms with E-state index in [0.29, 0.717) is 19.8 Å². The molecule has 0 spiro atoms. The summed E-state index contributed by atoms with van der Waals surface area (Å²) in [6, 6.07) is 1.64. The molecule has 6 nitrogen and oxygen atoms in total. The van der Waals surface area contributed by atoms with E-state index in [9.17, 15) is 10.1 Å². The summed E-state index contributed by atoms with van der Waals surface area (Å²) in [6.07, 6.45) is 1.49. The van der Waals surface area contributed by atoms with Crippen molar-refractivity contribution >= 4 is 48.3 Å². The molecule has 0 aliphatic heterocycles. The molecule has 0 saturated heterocycles. The van der Waals surface area contributed by atoms with Gasteiger partial charge in [-0.1, -0.05) is 0 Å². The van der Waals surface area contributed by atoms with Crippen molar-refractivity contribution in [2.75, 3.05) is 14.2 Å². The SMILES string of the molecule is COc1cc2c(Br)ncc(Br)c2c([N+](=O)[O-])c1OC. The van der Waals surface area contributed by atoms with Crippen LogP contribution in [0.5, 0.6) is 11.5 Å². The molecule has 1 aromatic heterocycles. The van der Waals surface area contributed by atoms with Gasteiger partial charge in [0.25, 0.3) is 0 Å². The summed E-state index contributed by atoms with van der Waals surface area (Å²) in [5, 5.41) is 12.3. The number of aromatic nitrogens is 1. The highest BCUT2D eigenvalue weighted by Gasteiger charge is 2.27. The van der Waals surface area contributed by atoms with Gasteiger partial charge in [0.2, 0.25) is 5.75 Å². The topological polar surface area (TPSA) is 74.5 Å². The minimum absolute atomic E-state index is 0.0822. The second-order valence-corrected chi connectivity index (χ2v) is 5.14. The number of nitro benzene ring substituents is 1. The predicted octanol–water partition coefficient (Wildman–Crippen LogP) is 3.69. The number of nitro groups is 1. The maximum absolute atomic E-state index is 11.3. The molecule has 19 heavy (non-hydrogen) atoms. The standard InChI is InChI=1S/C11H8Br2N2O4/c1-18-7-3-5-8(6(12)4-14-11(5)13)9(15(16)17)10(7)19-2/h3-4H,1-2H3. The average Bonchev–Trinajstić information content (AvgIpc) is 2.40. The second-order valence-electron chi connectivity index (χ2n) is 3.54. The first-order valence-electron chi connectivity index (χ1n) is 5.04. The highest BCUT2D eigenvalue weighted by Crippen LogP contribution is 2.46. The van der Waals surface area contributed by atoms with Gasteiger partial charge in [0.05, 0.1) is 29.0 Å². The Kier molecular flexibility index (Phi) is 3.91. The molecule has 0 atom stereocenters. The smallest absolute Gasteiger partial charge is 0.323 e. The van der Waals surface area contributed by atoms with E-state index in [4.69, 9.17) is 9.47 Å². The summed E-state index contributed by atoms with van der Waals surface area (Å²) in [5.74, 6) is 0.362. The van der Waals surface area contributed by atoms with Crippen molar-refractivity contribution in [1.29, 1.82) is 0 Å². The first-order chi connectivity index (χ1) is 9.01. The summed E-state index contributed by atoms with van der Waals surface area (Å²) in [4.78, 5) is 14.9. The summed E-state index contributed by atoms with van der Waals surface area (Å²) >= 11 is 6.55. The molecule has 2 aromatic rings. The normalized spacial score (nSPS) is 10.5. The van der Waals surface area contributed by atoms with Gasteiger partial charge in [-0.05, 0) is 37.9 Å². The molecular weight excluding hydrogens is 384 g/mol. The molecule has 100 valence electrons. The van der Waals surface area contributed by atoms with E-state index < -0.39 is 4.92 Å². The van der Waals surface area contributed by atoms with E-state index in [1.165, 1.54) is 20.4 Å². The van der Waals surface area contributed by atoms with Gasteiger partial charge >= 0.3 is 5.69 Å². The van der Waals surface area contributed by atoms with E-state index in [2.05, 4.69) is 36.8 Å². The van der Waals surface area contributed by atoms with Crippen LogP contribution in [0.1, 0.15) is 0 Å². The number of halogens is 2. The predicted molar refractivity (Wildman–Crippen MR) is 76.9 cm³/mol. The second kappa shape index (κ2) is 5.30. The fourth-order valence-electron chi connectivity index (χ4n) is 1.80. The first-order valence-corrected chi connectivity index (χ1v) is 6.63. The lowest BCUT2D eigenvalue weighted by Gasteiger charge is -2.11. The van der Waals surface area contributed by atoms with Crippen LogP contribution in [0.25, 0.3) is 10.8 Å². The fourth-order valence-corrected chi connectivity index (χ4v) is 2.72. The van der Waals surface area contributed by atoms with Crippen LogP contribution in [0.15, 0.2) is 21.3 Å². The third-order valence-electron chi connectivity index (χ3n) is 2.58. The highest BCUT2D eigenvalue weighted by atomic mass is 79.9. The summed E-state index contributed by atoms with van der Waals surface area (Å²) in [5.41, 5.74) is -0.160.